The van der Waals surface area contributed by atoms with Crippen molar-refractivity contribution in [2.45, 2.75) is 25.0 Å². The maximum absolute atomic E-state index is 12.1. The van der Waals surface area contributed by atoms with Crippen molar-refractivity contribution in [3.63, 3.8) is 0 Å². The third kappa shape index (κ3) is 4.46. The fraction of sp³-hybridized carbons (Fsp3) is 0.333. The van der Waals surface area contributed by atoms with E-state index in [2.05, 4.69) is 6.07 Å². The average Bonchev–Trinajstić information content (AvgIpc) is 2.85. The summed E-state index contributed by atoms with van der Waals surface area (Å²) < 4.78 is 11.0. The molecule has 3 aromatic carbocycles. The van der Waals surface area contributed by atoms with Crippen molar-refractivity contribution in [2.24, 2.45) is 5.92 Å². The second-order valence-electron chi connectivity index (χ2n) is 8.38. The summed E-state index contributed by atoms with van der Waals surface area (Å²) in [5, 5.41) is 12.1. The Morgan fingerprint density at radius 3 is 1.94 bits per heavy atom. The van der Waals surface area contributed by atoms with Crippen molar-refractivity contribution in [2.75, 3.05) is 27.3 Å². The number of aliphatic hydroxyl groups is 1. The van der Waals surface area contributed by atoms with Crippen LogP contribution in [-0.4, -0.2) is 32.4 Å². The molecular formula is C27H32NO3+. The number of ether oxygens (including phenoxy) is 2. The summed E-state index contributed by atoms with van der Waals surface area (Å²) in [6, 6.07) is 26.2. The van der Waals surface area contributed by atoms with Gasteiger partial charge in [0.2, 0.25) is 0 Å². The van der Waals surface area contributed by atoms with Crippen molar-refractivity contribution in [3.8, 4) is 11.5 Å². The lowest BCUT2D eigenvalue weighted by molar-refractivity contribution is -0.920. The Hall–Kier alpha value is -2.82. The summed E-state index contributed by atoms with van der Waals surface area (Å²) >= 11 is 0. The summed E-state index contributed by atoms with van der Waals surface area (Å²) in [4.78, 5) is 1.51. The molecule has 0 saturated carbocycles. The number of hydrogen-bond donors (Lipinski definition) is 2. The summed E-state index contributed by atoms with van der Waals surface area (Å²) in [7, 11) is 3.41. The maximum Gasteiger partial charge on any atom is 0.127 e. The van der Waals surface area contributed by atoms with Gasteiger partial charge in [0, 0.05) is 18.8 Å². The molecule has 0 bridgehead atoms. The molecule has 2 N–H and O–H groups in total. The lowest BCUT2D eigenvalue weighted by Crippen LogP contribution is -3.11. The number of benzene rings is 3. The molecule has 162 valence electrons. The van der Waals surface area contributed by atoms with Gasteiger partial charge in [-0.2, -0.15) is 0 Å². The van der Waals surface area contributed by atoms with Crippen molar-refractivity contribution >= 4 is 0 Å². The van der Waals surface area contributed by atoms with Crippen LogP contribution in [0.3, 0.4) is 0 Å². The molecule has 0 aliphatic carbocycles. The van der Waals surface area contributed by atoms with Gasteiger partial charge in [-0.3, -0.25) is 0 Å². The lowest BCUT2D eigenvalue weighted by Gasteiger charge is -2.41. The van der Waals surface area contributed by atoms with Gasteiger partial charge in [0.15, 0.2) is 0 Å². The standard InChI is InChI=1S/C27H31NO3/c1-30-25-13-14-26(31-2)21(19-25)20-28-17-15-24(16-18-28)27(29,22-9-5-3-6-10-22)23-11-7-4-8-12-23/h3-14,19,24,29H,15-18,20H2,1-2H3/p+1. The highest BCUT2D eigenvalue weighted by molar-refractivity contribution is 5.40. The quantitative estimate of drug-likeness (QED) is 0.618. The first-order valence-corrected chi connectivity index (χ1v) is 11.0. The Kier molecular flexibility index (Phi) is 6.59. The van der Waals surface area contributed by atoms with Gasteiger partial charge in [-0.05, 0) is 29.3 Å². The summed E-state index contributed by atoms with van der Waals surface area (Å²) in [6.45, 7) is 2.90. The minimum Gasteiger partial charge on any atom is -0.497 e. The zero-order chi connectivity index (χ0) is 21.7. The van der Waals surface area contributed by atoms with Gasteiger partial charge >= 0.3 is 0 Å². The molecule has 31 heavy (non-hydrogen) atoms. The molecule has 0 atom stereocenters. The first-order valence-electron chi connectivity index (χ1n) is 11.0. The van der Waals surface area contributed by atoms with Crippen LogP contribution in [0.5, 0.6) is 11.5 Å². The topological polar surface area (TPSA) is 43.1 Å². The van der Waals surface area contributed by atoms with Crippen LogP contribution < -0.4 is 14.4 Å². The average molecular weight is 419 g/mol. The number of quaternary nitrogens is 1. The van der Waals surface area contributed by atoms with E-state index in [1.165, 1.54) is 4.90 Å². The molecule has 1 aliphatic heterocycles. The molecule has 4 rings (SSSR count). The van der Waals surface area contributed by atoms with Gasteiger partial charge in [-0.25, -0.2) is 0 Å². The van der Waals surface area contributed by atoms with Crippen LogP contribution in [-0.2, 0) is 12.1 Å². The molecule has 1 saturated heterocycles. The molecule has 1 fully saturated rings. The van der Waals surface area contributed by atoms with E-state index in [9.17, 15) is 5.11 Å². The molecular weight excluding hydrogens is 386 g/mol. The van der Waals surface area contributed by atoms with E-state index in [1.54, 1.807) is 14.2 Å². The highest BCUT2D eigenvalue weighted by Crippen LogP contribution is 2.40. The molecule has 3 aromatic rings. The van der Waals surface area contributed by atoms with Crippen LogP contribution in [0.4, 0.5) is 0 Å². The van der Waals surface area contributed by atoms with Gasteiger partial charge in [0.1, 0.15) is 23.6 Å². The zero-order valence-electron chi connectivity index (χ0n) is 18.4. The summed E-state index contributed by atoms with van der Waals surface area (Å²) in [5.74, 6) is 1.93. The van der Waals surface area contributed by atoms with Crippen molar-refractivity contribution in [1.29, 1.82) is 0 Å². The van der Waals surface area contributed by atoms with E-state index < -0.39 is 5.60 Å². The summed E-state index contributed by atoms with van der Waals surface area (Å²) in [5.41, 5.74) is 2.15. The van der Waals surface area contributed by atoms with E-state index in [0.717, 1.165) is 60.7 Å². The van der Waals surface area contributed by atoms with E-state index in [4.69, 9.17) is 9.47 Å². The number of rotatable bonds is 7. The van der Waals surface area contributed by atoms with Crippen molar-refractivity contribution in [1.82, 2.24) is 0 Å². The second kappa shape index (κ2) is 9.54. The highest BCUT2D eigenvalue weighted by atomic mass is 16.5. The van der Waals surface area contributed by atoms with Crippen molar-refractivity contribution < 1.29 is 19.5 Å². The van der Waals surface area contributed by atoms with Crippen LogP contribution in [0.2, 0.25) is 0 Å². The minimum absolute atomic E-state index is 0.174. The maximum atomic E-state index is 12.1. The van der Waals surface area contributed by atoms with Crippen LogP contribution in [0.1, 0.15) is 29.5 Å². The first kappa shape index (κ1) is 21.4. The highest BCUT2D eigenvalue weighted by Gasteiger charge is 2.42. The normalized spacial score (nSPS) is 19.1. The second-order valence-corrected chi connectivity index (χ2v) is 8.38. The molecule has 4 nitrogen and oxygen atoms in total. The number of methoxy groups -OCH3 is 2. The number of hydrogen-bond acceptors (Lipinski definition) is 3. The van der Waals surface area contributed by atoms with Crippen LogP contribution in [0.15, 0.2) is 78.9 Å². The minimum atomic E-state index is -0.971. The smallest absolute Gasteiger partial charge is 0.127 e. The van der Waals surface area contributed by atoms with Gasteiger partial charge in [-0.15, -0.1) is 0 Å². The Balaban J connectivity index is 1.53. The molecule has 0 spiro atoms. The third-order valence-corrected chi connectivity index (χ3v) is 6.64. The Labute approximate surface area is 185 Å². The van der Waals surface area contributed by atoms with Gasteiger partial charge in [0.25, 0.3) is 0 Å². The SMILES string of the molecule is COc1ccc(OC)c(C[NH+]2CCC(C(O)(c3ccccc3)c3ccccc3)CC2)c1. The van der Waals surface area contributed by atoms with E-state index in [0.29, 0.717) is 0 Å². The van der Waals surface area contributed by atoms with Gasteiger partial charge in [0.05, 0.1) is 32.9 Å². The van der Waals surface area contributed by atoms with Crippen molar-refractivity contribution in [3.05, 3.63) is 95.6 Å². The molecule has 0 radical (unpaired) electrons. The monoisotopic (exact) mass is 418 g/mol. The molecule has 0 aromatic heterocycles. The van der Waals surface area contributed by atoms with Crippen LogP contribution in [0.25, 0.3) is 0 Å². The van der Waals surface area contributed by atoms with Crippen LogP contribution in [0, 0.1) is 5.92 Å². The Morgan fingerprint density at radius 1 is 0.839 bits per heavy atom. The predicted molar refractivity (Wildman–Crippen MR) is 123 cm³/mol. The molecule has 1 aliphatic rings. The number of piperidine rings is 1. The Morgan fingerprint density at radius 2 is 1.42 bits per heavy atom. The largest absolute Gasteiger partial charge is 0.497 e. The predicted octanol–water partition coefficient (Wildman–Crippen LogP) is 3.43. The molecule has 0 unspecified atom stereocenters. The molecule has 4 heteroatoms. The first-order chi connectivity index (χ1) is 15.1. The van der Waals surface area contributed by atoms with E-state index in [-0.39, 0.29) is 5.92 Å². The summed E-state index contributed by atoms with van der Waals surface area (Å²) in [6.07, 6.45) is 1.92. The van der Waals surface area contributed by atoms with E-state index in [1.807, 2.05) is 72.8 Å². The third-order valence-electron chi connectivity index (χ3n) is 6.64. The molecule has 0 amide bonds. The van der Waals surface area contributed by atoms with Gasteiger partial charge < -0.3 is 19.5 Å². The lowest BCUT2D eigenvalue weighted by atomic mass is 9.72. The van der Waals surface area contributed by atoms with Gasteiger partial charge in [-0.1, -0.05) is 60.7 Å². The number of likely N-dealkylation sites (tertiary alicyclic amines) is 1. The molecule has 1 heterocycles. The fourth-order valence-corrected chi connectivity index (χ4v) is 4.93. The number of nitrogens with one attached hydrogen (secondary N) is 1. The van der Waals surface area contributed by atoms with E-state index >= 15 is 0 Å². The van der Waals surface area contributed by atoms with Crippen LogP contribution >= 0.6 is 0 Å². The Bertz CT molecular complexity index is 927. The zero-order valence-corrected chi connectivity index (χ0v) is 18.4. The fourth-order valence-electron chi connectivity index (χ4n) is 4.93.